The van der Waals surface area contributed by atoms with E-state index in [0.29, 0.717) is 0 Å². The molecule has 4 atom stereocenters. The second kappa shape index (κ2) is 4.22. The largest absolute Gasteiger partial charge is 0.274 e. The SMILES string of the molecule is CSc1ccccc1N1C(=O)[C@@H]2[C@H](C1=O)[C@H]1C=C[C@H]2C1. The Balaban J connectivity index is 1.78. The van der Waals surface area contributed by atoms with Gasteiger partial charge in [0.1, 0.15) is 0 Å². The number of para-hydroxylation sites is 1. The van der Waals surface area contributed by atoms with Crippen LogP contribution < -0.4 is 4.90 Å². The van der Waals surface area contributed by atoms with E-state index in [2.05, 4.69) is 12.2 Å². The van der Waals surface area contributed by atoms with Gasteiger partial charge in [-0.1, -0.05) is 24.3 Å². The van der Waals surface area contributed by atoms with E-state index in [1.165, 1.54) is 4.90 Å². The fourth-order valence-corrected chi connectivity index (χ4v) is 4.54. The lowest BCUT2D eigenvalue weighted by molar-refractivity contribution is -0.123. The number of hydrogen-bond donors (Lipinski definition) is 0. The van der Waals surface area contributed by atoms with Gasteiger partial charge < -0.3 is 0 Å². The molecule has 0 unspecified atom stereocenters. The predicted molar refractivity (Wildman–Crippen MR) is 78.4 cm³/mol. The van der Waals surface area contributed by atoms with Crippen LogP contribution in [0.15, 0.2) is 41.3 Å². The topological polar surface area (TPSA) is 37.4 Å². The molecule has 2 bridgehead atoms. The summed E-state index contributed by atoms with van der Waals surface area (Å²) in [6, 6.07) is 7.66. The lowest BCUT2D eigenvalue weighted by Gasteiger charge is -2.19. The van der Waals surface area contributed by atoms with Crippen molar-refractivity contribution in [1.82, 2.24) is 0 Å². The Bertz CT molecular complexity index is 609. The highest BCUT2D eigenvalue weighted by Gasteiger charge is 2.59. The molecule has 3 nitrogen and oxygen atoms in total. The molecule has 1 aliphatic heterocycles. The standard InChI is InChI=1S/C16H15NO2S/c1-20-12-5-3-2-4-11(12)17-15(18)13-9-6-7-10(8-9)14(13)16(17)19/h2-7,9-10,13-14H,8H2,1H3/t9-,10-,13-,14+/m0/s1. The Morgan fingerprint density at radius 2 is 1.65 bits per heavy atom. The van der Waals surface area contributed by atoms with Gasteiger partial charge in [0, 0.05) is 4.90 Å². The highest BCUT2D eigenvalue weighted by atomic mass is 32.2. The van der Waals surface area contributed by atoms with Gasteiger partial charge in [0.05, 0.1) is 17.5 Å². The number of amides is 2. The average molecular weight is 285 g/mol. The van der Waals surface area contributed by atoms with Crippen molar-refractivity contribution in [2.75, 3.05) is 11.2 Å². The zero-order chi connectivity index (χ0) is 13.9. The molecule has 1 aromatic carbocycles. The number of imide groups is 1. The molecule has 0 N–H and O–H groups in total. The van der Waals surface area contributed by atoms with Crippen LogP contribution in [-0.2, 0) is 9.59 Å². The van der Waals surface area contributed by atoms with Gasteiger partial charge in [0.15, 0.2) is 0 Å². The maximum absolute atomic E-state index is 12.7. The minimum atomic E-state index is -0.118. The van der Waals surface area contributed by atoms with E-state index in [1.54, 1.807) is 11.8 Å². The van der Waals surface area contributed by atoms with Crippen molar-refractivity contribution in [1.29, 1.82) is 0 Å². The molecule has 20 heavy (non-hydrogen) atoms. The van der Waals surface area contributed by atoms with Gasteiger partial charge in [-0.25, -0.2) is 4.90 Å². The van der Waals surface area contributed by atoms with Crippen LogP contribution in [0.5, 0.6) is 0 Å². The Kier molecular flexibility index (Phi) is 2.58. The summed E-state index contributed by atoms with van der Waals surface area (Å²) in [5, 5.41) is 0. The fourth-order valence-electron chi connectivity index (χ4n) is 3.95. The van der Waals surface area contributed by atoms with Crippen molar-refractivity contribution in [3.05, 3.63) is 36.4 Å². The van der Waals surface area contributed by atoms with Gasteiger partial charge in [-0.2, -0.15) is 0 Å². The van der Waals surface area contributed by atoms with Crippen molar-refractivity contribution < 1.29 is 9.59 Å². The normalized spacial score (nSPS) is 34.1. The fraction of sp³-hybridized carbons (Fsp3) is 0.375. The molecule has 0 aromatic heterocycles. The molecule has 2 fully saturated rings. The highest BCUT2D eigenvalue weighted by Crippen LogP contribution is 2.53. The van der Waals surface area contributed by atoms with Crippen molar-refractivity contribution >= 4 is 29.3 Å². The molecule has 102 valence electrons. The van der Waals surface area contributed by atoms with E-state index in [1.807, 2.05) is 30.5 Å². The molecule has 2 amide bonds. The lowest BCUT2D eigenvalue weighted by atomic mass is 9.85. The van der Waals surface area contributed by atoms with Crippen LogP contribution in [0.25, 0.3) is 0 Å². The van der Waals surface area contributed by atoms with Gasteiger partial charge >= 0.3 is 0 Å². The lowest BCUT2D eigenvalue weighted by Crippen LogP contribution is -2.33. The molecule has 1 saturated heterocycles. The zero-order valence-electron chi connectivity index (χ0n) is 11.2. The van der Waals surface area contributed by atoms with Crippen molar-refractivity contribution in [3.8, 4) is 0 Å². The maximum atomic E-state index is 12.7. The number of anilines is 1. The predicted octanol–water partition coefficient (Wildman–Crippen LogP) is 2.72. The molecule has 1 heterocycles. The summed E-state index contributed by atoms with van der Waals surface area (Å²) in [5.41, 5.74) is 0.754. The molecule has 1 saturated carbocycles. The van der Waals surface area contributed by atoms with Gasteiger partial charge in [0.2, 0.25) is 11.8 Å². The molecule has 0 radical (unpaired) electrons. The summed E-state index contributed by atoms with van der Waals surface area (Å²) in [6.45, 7) is 0. The zero-order valence-corrected chi connectivity index (χ0v) is 12.0. The van der Waals surface area contributed by atoms with Gasteiger partial charge in [-0.05, 0) is 36.6 Å². The second-order valence-electron chi connectivity index (χ2n) is 5.68. The Hall–Kier alpha value is -1.55. The first-order valence-corrected chi connectivity index (χ1v) is 8.14. The Morgan fingerprint density at radius 3 is 2.25 bits per heavy atom. The molecule has 2 aliphatic carbocycles. The number of nitrogens with zero attached hydrogens (tertiary/aromatic N) is 1. The number of allylic oxidation sites excluding steroid dienone is 2. The first kappa shape index (κ1) is 12.2. The van der Waals surface area contributed by atoms with Crippen LogP contribution in [0.4, 0.5) is 5.69 Å². The highest BCUT2D eigenvalue weighted by molar-refractivity contribution is 7.98. The second-order valence-corrected chi connectivity index (χ2v) is 6.53. The number of thioether (sulfide) groups is 1. The minimum Gasteiger partial charge on any atom is -0.274 e. The third-order valence-corrected chi connectivity index (χ3v) is 5.58. The minimum absolute atomic E-state index is 0.00153. The summed E-state index contributed by atoms with van der Waals surface area (Å²) in [4.78, 5) is 27.9. The van der Waals surface area contributed by atoms with Crippen molar-refractivity contribution in [3.63, 3.8) is 0 Å². The third kappa shape index (κ3) is 1.43. The maximum Gasteiger partial charge on any atom is 0.238 e. The summed E-state index contributed by atoms with van der Waals surface area (Å²) in [6.07, 6.45) is 7.20. The summed E-state index contributed by atoms with van der Waals surface area (Å²) in [5.74, 6) is 0.303. The van der Waals surface area contributed by atoms with E-state index in [4.69, 9.17) is 0 Å². The third-order valence-electron chi connectivity index (χ3n) is 4.80. The monoisotopic (exact) mass is 285 g/mol. The van der Waals surface area contributed by atoms with Crippen LogP contribution >= 0.6 is 11.8 Å². The molecule has 3 aliphatic rings. The average Bonchev–Trinajstić information content (AvgIpc) is 3.13. The molecular formula is C16H15NO2S. The molecular weight excluding hydrogens is 270 g/mol. The van der Waals surface area contributed by atoms with Crippen molar-refractivity contribution in [2.24, 2.45) is 23.7 Å². The van der Waals surface area contributed by atoms with E-state index < -0.39 is 0 Å². The Labute approximate surface area is 122 Å². The van der Waals surface area contributed by atoms with Crippen molar-refractivity contribution in [2.45, 2.75) is 11.3 Å². The van der Waals surface area contributed by atoms with Gasteiger partial charge in [0.25, 0.3) is 0 Å². The molecule has 1 aromatic rings. The van der Waals surface area contributed by atoms with E-state index >= 15 is 0 Å². The van der Waals surface area contributed by atoms with Crippen LogP contribution in [0, 0.1) is 23.7 Å². The summed E-state index contributed by atoms with van der Waals surface area (Å²) >= 11 is 1.57. The summed E-state index contributed by atoms with van der Waals surface area (Å²) < 4.78 is 0. The number of carbonyl (C=O) groups is 2. The molecule has 0 spiro atoms. The molecule has 4 rings (SSSR count). The van der Waals surface area contributed by atoms with Crippen LogP contribution in [0.3, 0.4) is 0 Å². The number of hydrogen-bond acceptors (Lipinski definition) is 3. The Morgan fingerprint density at radius 1 is 1.05 bits per heavy atom. The first-order chi connectivity index (χ1) is 9.72. The number of fused-ring (bicyclic) bond motifs is 5. The number of carbonyl (C=O) groups excluding carboxylic acids is 2. The number of rotatable bonds is 2. The van der Waals surface area contributed by atoms with Crippen LogP contribution in [0.1, 0.15) is 6.42 Å². The van der Waals surface area contributed by atoms with E-state index in [9.17, 15) is 9.59 Å². The van der Waals surface area contributed by atoms with E-state index in [0.717, 1.165) is 17.0 Å². The van der Waals surface area contributed by atoms with Crippen LogP contribution in [0.2, 0.25) is 0 Å². The smallest absolute Gasteiger partial charge is 0.238 e. The quantitative estimate of drug-likeness (QED) is 0.476. The van der Waals surface area contributed by atoms with Crippen LogP contribution in [-0.4, -0.2) is 18.1 Å². The van der Waals surface area contributed by atoms with Gasteiger partial charge in [-0.15, -0.1) is 11.8 Å². The molecule has 4 heteroatoms. The number of benzene rings is 1. The van der Waals surface area contributed by atoms with E-state index in [-0.39, 0.29) is 35.5 Å². The summed E-state index contributed by atoms with van der Waals surface area (Å²) in [7, 11) is 0. The first-order valence-electron chi connectivity index (χ1n) is 6.91. The van der Waals surface area contributed by atoms with Gasteiger partial charge in [-0.3, -0.25) is 9.59 Å².